The number of fused-ring (bicyclic) bond motifs is 1. The smallest absolute Gasteiger partial charge is 0.328 e. The number of carbonyl (C=O) groups excluding carboxylic acids is 1. The van der Waals surface area contributed by atoms with Crippen LogP contribution in [0.3, 0.4) is 0 Å². The molecule has 1 unspecified atom stereocenters. The highest BCUT2D eigenvalue weighted by atomic mass is 35.5. The topological polar surface area (TPSA) is 57.0 Å². The fourth-order valence-electron chi connectivity index (χ4n) is 2.06. The van der Waals surface area contributed by atoms with Crippen molar-refractivity contribution < 1.29 is 9.53 Å². The molecular weight excluding hydrogens is 266 g/mol. The Morgan fingerprint density at radius 2 is 2.37 bits per heavy atom. The van der Waals surface area contributed by atoms with Crippen LogP contribution in [0.1, 0.15) is 25.7 Å². The third-order valence-corrected chi connectivity index (χ3v) is 3.09. The van der Waals surface area contributed by atoms with Crippen molar-refractivity contribution in [3.63, 3.8) is 0 Å². The summed E-state index contributed by atoms with van der Waals surface area (Å²) >= 11 is 5.80. The van der Waals surface area contributed by atoms with Gasteiger partial charge >= 0.3 is 5.97 Å². The third-order valence-electron chi connectivity index (χ3n) is 2.90. The highest BCUT2D eigenvalue weighted by Crippen LogP contribution is 2.22. The lowest BCUT2D eigenvalue weighted by Crippen LogP contribution is -2.21. The molecule has 1 atom stereocenters. The fourth-order valence-corrected chi connectivity index (χ4v) is 2.23. The molecule has 0 aromatic carbocycles. The maximum absolute atomic E-state index is 11.9. The second-order valence-electron chi connectivity index (χ2n) is 4.13. The van der Waals surface area contributed by atoms with E-state index < -0.39 is 6.04 Å². The van der Waals surface area contributed by atoms with Gasteiger partial charge in [-0.2, -0.15) is 0 Å². The van der Waals surface area contributed by atoms with E-state index in [0.717, 1.165) is 16.9 Å². The molecule has 0 amide bonds. The van der Waals surface area contributed by atoms with Gasteiger partial charge in [-0.15, -0.1) is 11.6 Å². The summed E-state index contributed by atoms with van der Waals surface area (Å²) in [5.41, 5.74) is 1.63. The van der Waals surface area contributed by atoms with Crippen molar-refractivity contribution in [2.75, 3.05) is 12.5 Å². The number of hydrogen-bond donors (Lipinski definition) is 0. The van der Waals surface area contributed by atoms with E-state index in [1.807, 2.05) is 10.6 Å². The number of aromatic nitrogens is 3. The molecule has 2 aromatic heterocycles. The van der Waals surface area contributed by atoms with E-state index in [4.69, 9.17) is 16.3 Å². The van der Waals surface area contributed by atoms with E-state index >= 15 is 0 Å². The van der Waals surface area contributed by atoms with Crippen LogP contribution in [0.25, 0.3) is 11.0 Å². The minimum Gasteiger partial charge on any atom is -0.464 e. The van der Waals surface area contributed by atoms with Gasteiger partial charge in [-0.05, 0) is 19.9 Å². The summed E-state index contributed by atoms with van der Waals surface area (Å²) in [5, 5.41) is 0. The zero-order chi connectivity index (χ0) is 13.8. The lowest BCUT2D eigenvalue weighted by molar-refractivity contribution is -0.146. The predicted molar refractivity (Wildman–Crippen MR) is 73.3 cm³/mol. The molecule has 0 aliphatic rings. The van der Waals surface area contributed by atoms with Crippen LogP contribution in [-0.4, -0.2) is 33.0 Å². The zero-order valence-corrected chi connectivity index (χ0v) is 11.7. The molecule has 19 heavy (non-hydrogen) atoms. The number of ether oxygens (including phenoxy) is 1. The molecule has 5 nitrogen and oxygen atoms in total. The van der Waals surface area contributed by atoms with Crippen LogP contribution in [0.5, 0.6) is 0 Å². The van der Waals surface area contributed by atoms with Crippen molar-refractivity contribution in [1.29, 1.82) is 0 Å². The molecule has 0 saturated carbocycles. The Labute approximate surface area is 116 Å². The normalized spacial score (nSPS) is 12.6. The molecule has 6 heteroatoms. The van der Waals surface area contributed by atoms with Crippen molar-refractivity contribution in [1.82, 2.24) is 14.5 Å². The van der Waals surface area contributed by atoms with E-state index in [9.17, 15) is 4.79 Å². The molecule has 0 saturated heterocycles. The average Bonchev–Trinajstić information content (AvgIpc) is 2.76. The summed E-state index contributed by atoms with van der Waals surface area (Å²) in [6.07, 6.45) is 3.96. The number of halogens is 1. The SMILES string of the molecule is CCOC(=O)C(C)n1c(CCCl)nc2cnccc21. The van der Waals surface area contributed by atoms with Crippen LogP contribution in [-0.2, 0) is 16.0 Å². The maximum Gasteiger partial charge on any atom is 0.328 e. The quantitative estimate of drug-likeness (QED) is 0.623. The molecule has 0 aliphatic carbocycles. The number of nitrogens with zero attached hydrogens (tertiary/aromatic N) is 3. The van der Waals surface area contributed by atoms with Gasteiger partial charge in [0.1, 0.15) is 17.4 Å². The van der Waals surface area contributed by atoms with Crippen molar-refractivity contribution in [2.45, 2.75) is 26.3 Å². The number of alkyl halides is 1. The third kappa shape index (κ3) is 2.71. The number of hydrogen-bond acceptors (Lipinski definition) is 4. The summed E-state index contributed by atoms with van der Waals surface area (Å²) in [4.78, 5) is 20.4. The van der Waals surface area contributed by atoms with Gasteiger partial charge in [-0.3, -0.25) is 4.98 Å². The first-order valence-corrected chi connectivity index (χ1v) is 6.76. The van der Waals surface area contributed by atoms with Crippen LogP contribution in [0.15, 0.2) is 18.5 Å². The Kier molecular flexibility index (Phi) is 4.37. The standard InChI is InChI=1S/C13H16ClN3O2/c1-3-19-13(18)9(2)17-11-5-7-15-8-10(11)16-12(17)4-6-14/h5,7-9H,3-4,6H2,1-2H3. The highest BCUT2D eigenvalue weighted by molar-refractivity contribution is 6.17. The number of pyridine rings is 1. The Morgan fingerprint density at radius 3 is 3.05 bits per heavy atom. The fraction of sp³-hybridized carbons (Fsp3) is 0.462. The van der Waals surface area contributed by atoms with Crippen LogP contribution in [0.2, 0.25) is 0 Å². The zero-order valence-electron chi connectivity index (χ0n) is 11.0. The van der Waals surface area contributed by atoms with Gasteiger partial charge in [0, 0.05) is 18.5 Å². The van der Waals surface area contributed by atoms with Gasteiger partial charge in [0.25, 0.3) is 0 Å². The van der Waals surface area contributed by atoms with E-state index in [0.29, 0.717) is 18.9 Å². The number of aryl methyl sites for hydroxylation is 1. The lowest BCUT2D eigenvalue weighted by Gasteiger charge is -2.15. The number of rotatable bonds is 5. The molecule has 0 N–H and O–H groups in total. The summed E-state index contributed by atoms with van der Waals surface area (Å²) in [5.74, 6) is 0.958. The average molecular weight is 282 g/mol. The minimum absolute atomic E-state index is 0.269. The van der Waals surface area contributed by atoms with E-state index in [1.54, 1.807) is 26.2 Å². The lowest BCUT2D eigenvalue weighted by atomic mass is 10.3. The second-order valence-corrected chi connectivity index (χ2v) is 4.51. The number of imidazole rings is 1. The summed E-state index contributed by atoms with van der Waals surface area (Å²) in [6, 6.07) is 1.42. The summed E-state index contributed by atoms with van der Waals surface area (Å²) < 4.78 is 6.95. The molecule has 0 bridgehead atoms. The first-order chi connectivity index (χ1) is 9.19. The van der Waals surface area contributed by atoms with Gasteiger partial charge in [-0.25, -0.2) is 9.78 Å². The minimum atomic E-state index is -0.425. The van der Waals surface area contributed by atoms with Crippen molar-refractivity contribution >= 4 is 28.6 Å². The monoisotopic (exact) mass is 281 g/mol. The molecular formula is C13H16ClN3O2. The Hall–Kier alpha value is -1.62. The first-order valence-electron chi connectivity index (χ1n) is 6.22. The number of carbonyl (C=O) groups is 1. The predicted octanol–water partition coefficient (Wildman–Crippen LogP) is 2.34. The summed E-state index contributed by atoms with van der Waals surface area (Å²) in [6.45, 7) is 3.96. The van der Waals surface area contributed by atoms with Gasteiger partial charge < -0.3 is 9.30 Å². The molecule has 2 rings (SSSR count). The first kappa shape index (κ1) is 13.8. The second kappa shape index (κ2) is 6.02. The van der Waals surface area contributed by atoms with Gasteiger partial charge in [-0.1, -0.05) is 0 Å². The molecule has 0 aliphatic heterocycles. The van der Waals surface area contributed by atoms with Gasteiger partial charge in [0.15, 0.2) is 0 Å². The van der Waals surface area contributed by atoms with Crippen LogP contribution < -0.4 is 0 Å². The van der Waals surface area contributed by atoms with Crippen LogP contribution in [0.4, 0.5) is 0 Å². The Morgan fingerprint density at radius 1 is 1.58 bits per heavy atom. The van der Waals surface area contributed by atoms with Gasteiger partial charge in [0.05, 0.1) is 18.3 Å². The number of esters is 1. The van der Waals surface area contributed by atoms with Crippen molar-refractivity contribution in [3.05, 3.63) is 24.3 Å². The largest absolute Gasteiger partial charge is 0.464 e. The Bertz CT molecular complexity index is 582. The van der Waals surface area contributed by atoms with Crippen molar-refractivity contribution in [3.8, 4) is 0 Å². The maximum atomic E-state index is 11.9. The van der Waals surface area contributed by atoms with E-state index in [1.165, 1.54) is 0 Å². The van der Waals surface area contributed by atoms with E-state index in [2.05, 4.69) is 9.97 Å². The van der Waals surface area contributed by atoms with Crippen molar-refractivity contribution in [2.24, 2.45) is 0 Å². The molecule has 0 spiro atoms. The molecule has 0 radical (unpaired) electrons. The van der Waals surface area contributed by atoms with E-state index in [-0.39, 0.29) is 5.97 Å². The highest BCUT2D eigenvalue weighted by Gasteiger charge is 2.22. The molecule has 2 aromatic rings. The Balaban J connectivity index is 2.49. The molecule has 102 valence electrons. The summed E-state index contributed by atoms with van der Waals surface area (Å²) in [7, 11) is 0. The van der Waals surface area contributed by atoms with Crippen LogP contribution >= 0.6 is 11.6 Å². The van der Waals surface area contributed by atoms with Crippen LogP contribution in [0, 0.1) is 0 Å². The molecule has 2 heterocycles. The van der Waals surface area contributed by atoms with Gasteiger partial charge in [0.2, 0.25) is 0 Å². The molecule has 0 fully saturated rings.